The Bertz CT molecular complexity index is 272. The van der Waals surface area contributed by atoms with Crippen LogP contribution in [0.3, 0.4) is 0 Å². The number of fused-ring (bicyclic) bond motifs is 1. The maximum Gasteiger partial charge on any atom is 0.0801 e. The minimum Gasteiger partial charge on any atom is -0.388 e. The highest BCUT2D eigenvalue weighted by Crippen LogP contribution is 2.33. The van der Waals surface area contributed by atoms with Gasteiger partial charge < -0.3 is 5.11 Å². The Kier molecular flexibility index (Phi) is 2.38. The molecule has 1 nitrogen and oxygen atoms in total. The SMILES string of the molecule is OC1CCCSc2ccccc21. The van der Waals surface area contributed by atoms with Crippen molar-refractivity contribution in [2.75, 3.05) is 5.75 Å². The van der Waals surface area contributed by atoms with Gasteiger partial charge in [-0.2, -0.15) is 0 Å². The lowest BCUT2D eigenvalue weighted by Gasteiger charge is -2.09. The molecular weight excluding hydrogens is 168 g/mol. The molecule has 1 heterocycles. The molecular formula is C10H12OS. The molecule has 0 aliphatic carbocycles. The zero-order valence-electron chi connectivity index (χ0n) is 6.86. The molecule has 1 aromatic rings. The average Bonchev–Trinajstić information content (AvgIpc) is 2.29. The highest BCUT2D eigenvalue weighted by molar-refractivity contribution is 7.99. The van der Waals surface area contributed by atoms with Gasteiger partial charge in [-0.25, -0.2) is 0 Å². The van der Waals surface area contributed by atoms with Crippen molar-refractivity contribution in [3.05, 3.63) is 29.8 Å². The molecule has 0 bridgehead atoms. The minimum absolute atomic E-state index is 0.240. The van der Waals surface area contributed by atoms with Crippen molar-refractivity contribution in [3.63, 3.8) is 0 Å². The van der Waals surface area contributed by atoms with Crippen molar-refractivity contribution in [2.45, 2.75) is 23.8 Å². The summed E-state index contributed by atoms with van der Waals surface area (Å²) in [5, 5.41) is 9.73. The lowest BCUT2D eigenvalue weighted by Crippen LogP contribution is -1.95. The second-order valence-corrected chi connectivity index (χ2v) is 4.18. The van der Waals surface area contributed by atoms with E-state index < -0.39 is 0 Å². The van der Waals surface area contributed by atoms with Crippen LogP contribution in [0.4, 0.5) is 0 Å². The molecule has 1 N–H and O–H groups in total. The second kappa shape index (κ2) is 3.50. The largest absolute Gasteiger partial charge is 0.388 e. The van der Waals surface area contributed by atoms with Crippen LogP contribution in [0.15, 0.2) is 29.2 Å². The van der Waals surface area contributed by atoms with Gasteiger partial charge in [-0.05, 0) is 30.2 Å². The van der Waals surface area contributed by atoms with Crippen LogP contribution < -0.4 is 0 Å². The minimum atomic E-state index is -0.240. The van der Waals surface area contributed by atoms with Crippen LogP contribution in [0.2, 0.25) is 0 Å². The molecule has 2 rings (SSSR count). The van der Waals surface area contributed by atoms with Gasteiger partial charge in [0.05, 0.1) is 6.10 Å². The maximum absolute atomic E-state index is 9.73. The lowest BCUT2D eigenvalue weighted by molar-refractivity contribution is 0.165. The number of benzene rings is 1. The number of aliphatic hydroxyl groups is 1. The Morgan fingerprint density at radius 3 is 3.08 bits per heavy atom. The number of hydrogen-bond donors (Lipinski definition) is 1. The third-order valence-corrected chi connectivity index (χ3v) is 3.33. The van der Waals surface area contributed by atoms with Gasteiger partial charge in [0.2, 0.25) is 0 Å². The van der Waals surface area contributed by atoms with Crippen molar-refractivity contribution in [1.82, 2.24) is 0 Å². The summed E-state index contributed by atoms with van der Waals surface area (Å²) in [4.78, 5) is 1.25. The molecule has 0 spiro atoms. The van der Waals surface area contributed by atoms with E-state index in [0.717, 1.165) is 24.2 Å². The normalized spacial score (nSPS) is 22.9. The van der Waals surface area contributed by atoms with E-state index in [1.807, 2.05) is 30.0 Å². The van der Waals surface area contributed by atoms with Crippen molar-refractivity contribution in [3.8, 4) is 0 Å². The predicted molar refractivity (Wildman–Crippen MR) is 51.4 cm³/mol. The summed E-state index contributed by atoms with van der Waals surface area (Å²) in [5.74, 6) is 1.13. The van der Waals surface area contributed by atoms with Crippen LogP contribution in [0.1, 0.15) is 24.5 Å². The van der Waals surface area contributed by atoms with E-state index in [1.54, 1.807) is 0 Å². The van der Waals surface area contributed by atoms with Gasteiger partial charge in [0.15, 0.2) is 0 Å². The first-order chi connectivity index (χ1) is 5.88. The van der Waals surface area contributed by atoms with Crippen molar-refractivity contribution < 1.29 is 5.11 Å². The van der Waals surface area contributed by atoms with Gasteiger partial charge >= 0.3 is 0 Å². The van der Waals surface area contributed by atoms with Crippen molar-refractivity contribution >= 4 is 11.8 Å². The fourth-order valence-electron chi connectivity index (χ4n) is 1.50. The third-order valence-electron chi connectivity index (χ3n) is 2.16. The summed E-state index contributed by atoms with van der Waals surface area (Å²) in [6.07, 6.45) is 1.78. The van der Waals surface area contributed by atoms with E-state index in [1.165, 1.54) is 4.90 Å². The molecule has 1 aliphatic heterocycles. The van der Waals surface area contributed by atoms with E-state index in [0.29, 0.717) is 0 Å². The molecule has 0 amide bonds. The maximum atomic E-state index is 9.73. The summed E-state index contributed by atoms with van der Waals surface area (Å²) in [7, 11) is 0. The highest BCUT2D eigenvalue weighted by Gasteiger charge is 2.15. The molecule has 0 saturated carbocycles. The van der Waals surface area contributed by atoms with E-state index in [-0.39, 0.29) is 6.10 Å². The predicted octanol–water partition coefficient (Wildman–Crippen LogP) is 2.61. The van der Waals surface area contributed by atoms with E-state index in [2.05, 4.69) is 6.07 Å². The molecule has 0 radical (unpaired) electrons. The Morgan fingerprint density at radius 2 is 2.17 bits per heavy atom. The molecule has 64 valence electrons. The molecule has 1 unspecified atom stereocenters. The first kappa shape index (κ1) is 8.14. The molecule has 1 aromatic carbocycles. The van der Waals surface area contributed by atoms with Crippen LogP contribution in [-0.4, -0.2) is 10.9 Å². The van der Waals surface area contributed by atoms with Crippen LogP contribution >= 0.6 is 11.8 Å². The summed E-state index contributed by atoms with van der Waals surface area (Å²) >= 11 is 1.85. The van der Waals surface area contributed by atoms with Crippen molar-refractivity contribution in [1.29, 1.82) is 0 Å². The first-order valence-corrected chi connectivity index (χ1v) is 5.26. The Labute approximate surface area is 76.8 Å². The van der Waals surface area contributed by atoms with Crippen LogP contribution in [-0.2, 0) is 0 Å². The third kappa shape index (κ3) is 1.50. The topological polar surface area (TPSA) is 20.2 Å². The fourth-order valence-corrected chi connectivity index (χ4v) is 2.58. The number of aliphatic hydroxyl groups excluding tert-OH is 1. The van der Waals surface area contributed by atoms with Gasteiger partial charge in [0.25, 0.3) is 0 Å². The van der Waals surface area contributed by atoms with Gasteiger partial charge in [0.1, 0.15) is 0 Å². The van der Waals surface area contributed by atoms with Gasteiger partial charge in [0, 0.05) is 4.90 Å². The van der Waals surface area contributed by atoms with Crippen molar-refractivity contribution in [2.24, 2.45) is 0 Å². The standard InChI is InChI=1S/C10H12OS/c11-9-5-3-7-12-10-6-2-1-4-8(9)10/h1-2,4,6,9,11H,3,5,7H2. The quantitative estimate of drug-likeness (QED) is 0.662. The highest BCUT2D eigenvalue weighted by atomic mass is 32.2. The molecule has 1 atom stereocenters. The number of hydrogen-bond acceptors (Lipinski definition) is 2. The summed E-state index contributed by atoms with van der Waals surface area (Å²) in [6.45, 7) is 0. The van der Waals surface area contributed by atoms with Gasteiger partial charge in [-0.3, -0.25) is 0 Å². The zero-order valence-corrected chi connectivity index (χ0v) is 7.68. The van der Waals surface area contributed by atoms with E-state index in [9.17, 15) is 5.11 Å². The van der Waals surface area contributed by atoms with E-state index >= 15 is 0 Å². The smallest absolute Gasteiger partial charge is 0.0801 e. The Balaban J connectivity index is 2.39. The summed E-state index contributed by atoms with van der Waals surface area (Å²) in [5.41, 5.74) is 1.11. The molecule has 12 heavy (non-hydrogen) atoms. The zero-order chi connectivity index (χ0) is 8.39. The summed E-state index contributed by atoms with van der Waals surface area (Å²) in [6, 6.07) is 8.14. The molecule has 0 aromatic heterocycles. The number of rotatable bonds is 0. The van der Waals surface area contributed by atoms with Gasteiger partial charge in [-0.1, -0.05) is 18.2 Å². The number of thioether (sulfide) groups is 1. The molecule has 1 aliphatic rings. The van der Waals surface area contributed by atoms with Crippen LogP contribution in [0.25, 0.3) is 0 Å². The average molecular weight is 180 g/mol. The Morgan fingerprint density at radius 1 is 1.33 bits per heavy atom. The fraction of sp³-hybridized carbons (Fsp3) is 0.400. The summed E-state index contributed by atoms with van der Waals surface area (Å²) < 4.78 is 0. The Hall–Kier alpha value is -0.470. The molecule has 0 saturated heterocycles. The first-order valence-electron chi connectivity index (χ1n) is 4.28. The van der Waals surface area contributed by atoms with Crippen LogP contribution in [0.5, 0.6) is 0 Å². The molecule has 0 fully saturated rings. The van der Waals surface area contributed by atoms with Crippen LogP contribution in [0, 0.1) is 0 Å². The molecule has 2 heteroatoms. The van der Waals surface area contributed by atoms with Gasteiger partial charge in [-0.15, -0.1) is 11.8 Å². The lowest BCUT2D eigenvalue weighted by atomic mass is 10.1. The second-order valence-electron chi connectivity index (χ2n) is 3.04. The monoisotopic (exact) mass is 180 g/mol. The van der Waals surface area contributed by atoms with E-state index in [4.69, 9.17) is 0 Å².